The van der Waals surface area contributed by atoms with Crippen molar-refractivity contribution in [3.63, 3.8) is 0 Å². The van der Waals surface area contributed by atoms with Gasteiger partial charge in [0.1, 0.15) is 5.75 Å². The lowest BCUT2D eigenvalue weighted by molar-refractivity contribution is 0.0213. The van der Waals surface area contributed by atoms with Crippen LogP contribution in [0.1, 0.15) is 57.1 Å². The highest BCUT2D eigenvalue weighted by Crippen LogP contribution is 2.43. The predicted octanol–water partition coefficient (Wildman–Crippen LogP) is 8.70. The molecule has 1 aliphatic heterocycles. The quantitative estimate of drug-likeness (QED) is 0.0766. The van der Waals surface area contributed by atoms with Gasteiger partial charge in [0.15, 0.2) is 6.79 Å². The highest BCUT2D eigenvalue weighted by molar-refractivity contribution is 7.80. The second kappa shape index (κ2) is 15.2. The summed E-state index contributed by atoms with van der Waals surface area (Å²) in [7, 11) is -2.51. The maximum atomic E-state index is 6.91. The summed E-state index contributed by atoms with van der Waals surface area (Å²) < 4.78 is 18.8. The van der Waals surface area contributed by atoms with Crippen molar-refractivity contribution in [2.24, 2.45) is 5.92 Å². The molecule has 5 rings (SSSR count). The summed E-state index contributed by atoms with van der Waals surface area (Å²) in [5, 5.41) is 3.69. The summed E-state index contributed by atoms with van der Waals surface area (Å²) in [6.45, 7) is 16.5. The lowest BCUT2D eigenvalue weighted by Crippen LogP contribution is -2.51. The van der Waals surface area contributed by atoms with E-state index in [0.29, 0.717) is 22.6 Å². The molecule has 4 nitrogen and oxygen atoms in total. The number of benzene rings is 3. The van der Waals surface area contributed by atoms with Gasteiger partial charge in [0.25, 0.3) is 9.04 Å². The van der Waals surface area contributed by atoms with E-state index in [1.807, 2.05) is 6.07 Å². The Hall–Kier alpha value is -1.72. The topological polar surface area (TPSA) is 30.9 Å². The Morgan fingerprint density at radius 1 is 0.935 bits per heavy atom. The smallest absolute Gasteiger partial charge is 0.283 e. The monoisotopic (exact) mass is 712 g/mol. The summed E-state index contributed by atoms with van der Waals surface area (Å²) in [5.74, 6) is 1.42. The van der Waals surface area contributed by atoms with E-state index in [0.717, 1.165) is 54.7 Å². The van der Waals surface area contributed by atoms with Crippen LogP contribution in [0.15, 0.2) is 66.7 Å². The van der Waals surface area contributed by atoms with Gasteiger partial charge >= 0.3 is 0 Å². The lowest BCUT2D eigenvalue weighted by atomic mass is 9.82. The Kier molecular flexibility index (Phi) is 11.8. The average molecular weight is 714 g/mol. The van der Waals surface area contributed by atoms with Crippen LogP contribution in [0.5, 0.6) is 5.75 Å². The third-order valence-electron chi connectivity index (χ3n) is 9.01. The van der Waals surface area contributed by atoms with Crippen LogP contribution in [0.2, 0.25) is 35.7 Å². The summed E-state index contributed by atoms with van der Waals surface area (Å²) in [4.78, 5) is 3.34. The molecule has 0 aromatic heterocycles. The molecule has 2 aliphatic rings. The summed E-state index contributed by atoms with van der Waals surface area (Å²) in [6.07, 6.45) is 3.12. The van der Waals surface area contributed by atoms with Crippen molar-refractivity contribution < 1.29 is 13.9 Å². The summed E-state index contributed by atoms with van der Waals surface area (Å²) >= 11 is 19.2. The Labute approximate surface area is 294 Å². The number of hydrogen-bond acceptors (Lipinski definition) is 4. The molecule has 3 aromatic rings. The van der Waals surface area contributed by atoms with Crippen molar-refractivity contribution in [1.29, 1.82) is 0 Å². The first-order valence-corrected chi connectivity index (χ1v) is 22.7. The van der Waals surface area contributed by atoms with Crippen LogP contribution in [0.4, 0.5) is 0 Å². The number of ether oxygens (including phenoxy) is 2. The van der Waals surface area contributed by atoms with Crippen LogP contribution in [0.25, 0.3) is 0 Å². The van der Waals surface area contributed by atoms with E-state index in [1.54, 1.807) is 6.07 Å². The number of halogens is 2. The number of hydrogen-bond donors (Lipinski definition) is 0. The number of thiocarbonyl (C=S) groups is 1. The Morgan fingerprint density at radius 2 is 1.61 bits per heavy atom. The number of likely N-dealkylation sites (tertiary alicyclic amines) is 1. The molecule has 0 N–H and O–H groups in total. The molecule has 0 bridgehead atoms. The van der Waals surface area contributed by atoms with Crippen LogP contribution in [-0.2, 0) is 14.6 Å². The van der Waals surface area contributed by atoms with Gasteiger partial charge in [-0.3, -0.25) is 0 Å². The Morgan fingerprint density at radius 3 is 2.26 bits per heavy atom. The minimum Gasteiger partial charge on any atom is -0.467 e. The van der Waals surface area contributed by atoms with Gasteiger partial charge in [0.2, 0.25) is 0 Å². The van der Waals surface area contributed by atoms with Gasteiger partial charge < -0.3 is 18.8 Å². The standard InChI is InChI=1S/C37H48Cl2NO3SSi2/c1-37(2,3)28-12-14-31(15-13-28)45(30-10-8-7-9-11-30)43-29-20-26(21-29)23-40-24-27(22-34(40)44)35-33(17-16-32(38)36(35)39)42-25-41-18-19-46(4,5)6/h7-17,26-27,29H,18-25H2,1-6H3. The SMILES string of the molecule is CC(C)(C)c1ccc([Si](OC2CC(CN3CC(c4c(OCOCC[Si](C)(C)C)ccc(Cl)c4Cl)CC3=S)C2)c2ccccc2)cc1. The zero-order valence-electron chi connectivity index (χ0n) is 28.1. The second-order valence-electron chi connectivity index (χ2n) is 15.1. The minimum absolute atomic E-state index is 0.129. The first kappa shape index (κ1) is 35.6. The molecule has 1 aliphatic carbocycles. The minimum atomic E-state index is -1.35. The van der Waals surface area contributed by atoms with Crippen molar-refractivity contribution >= 4 is 67.9 Å². The van der Waals surface area contributed by atoms with E-state index >= 15 is 0 Å². The van der Waals surface area contributed by atoms with E-state index < -0.39 is 17.1 Å². The van der Waals surface area contributed by atoms with Crippen LogP contribution in [0, 0.1) is 5.92 Å². The third kappa shape index (κ3) is 9.25. The molecule has 46 heavy (non-hydrogen) atoms. The molecule has 1 atom stereocenters. The second-order valence-corrected chi connectivity index (χ2v) is 24.0. The molecule has 1 saturated carbocycles. The van der Waals surface area contributed by atoms with Gasteiger partial charge in [-0.2, -0.15) is 0 Å². The van der Waals surface area contributed by atoms with E-state index in [2.05, 4.69) is 99.9 Å². The lowest BCUT2D eigenvalue weighted by Gasteiger charge is -2.39. The Balaban J connectivity index is 1.18. The van der Waals surface area contributed by atoms with Crippen molar-refractivity contribution in [2.45, 2.75) is 83.2 Å². The average Bonchev–Trinajstić information content (AvgIpc) is 3.34. The van der Waals surface area contributed by atoms with E-state index in [4.69, 9.17) is 49.3 Å². The van der Waals surface area contributed by atoms with Gasteiger partial charge in [0, 0.05) is 51.8 Å². The predicted molar refractivity (Wildman–Crippen MR) is 202 cm³/mol. The molecular formula is C37H48Cl2NO3SSi2. The van der Waals surface area contributed by atoms with Gasteiger partial charge in [-0.1, -0.05) is 130 Å². The summed E-state index contributed by atoms with van der Waals surface area (Å²) in [5.41, 5.74) is 2.41. The molecular weight excluding hydrogens is 666 g/mol. The molecule has 0 amide bonds. The van der Waals surface area contributed by atoms with Crippen molar-refractivity contribution in [3.8, 4) is 5.75 Å². The molecule has 2 fully saturated rings. The fourth-order valence-corrected chi connectivity index (χ4v) is 9.83. The van der Waals surface area contributed by atoms with Crippen LogP contribution in [-0.4, -0.2) is 59.6 Å². The molecule has 0 spiro atoms. The largest absolute Gasteiger partial charge is 0.467 e. The summed E-state index contributed by atoms with van der Waals surface area (Å²) in [6, 6.07) is 24.6. The first-order chi connectivity index (χ1) is 21.8. The third-order valence-corrected chi connectivity index (χ3v) is 14.2. The van der Waals surface area contributed by atoms with Gasteiger partial charge in [-0.15, -0.1) is 0 Å². The van der Waals surface area contributed by atoms with Gasteiger partial charge in [-0.25, -0.2) is 0 Å². The first-order valence-electron chi connectivity index (χ1n) is 16.4. The fraction of sp³-hybridized carbons (Fsp3) is 0.486. The molecule has 1 heterocycles. The zero-order valence-corrected chi connectivity index (χ0v) is 32.4. The molecule has 247 valence electrons. The highest BCUT2D eigenvalue weighted by Gasteiger charge is 2.38. The van der Waals surface area contributed by atoms with E-state index in [9.17, 15) is 0 Å². The zero-order chi connectivity index (χ0) is 33.1. The molecule has 1 unspecified atom stereocenters. The molecule has 3 aromatic carbocycles. The highest BCUT2D eigenvalue weighted by atomic mass is 35.5. The molecule has 1 saturated heterocycles. The van der Waals surface area contributed by atoms with Crippen LogP contribution in [0.3, 0.4) is 0 Å². The number of rotatable bonds is 13. The van der Waals surface area contributed by atoms with Crippen LogP contribution < -0.4 is 15.1 Å². The fourth-order valence-electron chi connectivity index (χ4n) is 6.15. The normalized spacial score (nSPS) is 20.3. The molecule has 9 heteroatoms. The van der Waals surface area contributed by atoms with Gasteiger partial charge in [-0.05, 0) is 58.3 Å². The Bertz CT molecular complexity index is 1470. The van der Waals surface area contributed by atoms with Crippen molar-refractivity contribution in [1.82, 2.24) is 4.90 Å². The molecule has 1 radical (unpaired) electrons. The maximum absolute atomic E-state index is 6.91. The van der Waals surface area contributed by atoms with Crippen LogP contribution >= 0.6 is 35.4 Å². The van der Waals surface area contributed by atoms with Gasteiger partial charge in [0.05, 0.1) is 15.0 Å². The van der Waals surface area contributed by atoms with E-state index in [1.165, 1.54) is 15.9 Å². The van der Waals surface area contributed by atoms with Crippen molar-refractivity contribution in [2.75, 3.05) is 26.5 Å². The number of nitrogens with zero attached hydrogens (tertiary/aromatic N) is 1. The van der Waals surface area contributed by atoms with E-state index in [-0.39, 0.29) is 24.2 Å². The van der Waals surface area contributed by atoms with Crippen molar-refractivity contribution in [3.05, 3.63) is 87.9 Å². The maximum Gasteiger partial charge on any atom is 0.283 e.